The number of hydrogen-bond acceptors (Lipinski definition) is 5. The van der Waals surface area contributed by atoms with Gasteiger partial charge in [-0.3, -0.25) is 4.90 Å². The highest BCUT2D eigenvalue weighted by molar-refractivity contribution is 5.13. The van der Waals surface area contributed by atoms with E-state index in [-0.39, 0.29) is 0 Å². The van der Waals surface area contributed by atoms with Crippen LogP contribution in [0.4, 0.5) is 0 Å². The van der Waals surface area contributed by atoms with Gasteiger partial charge in [-0.05, 0) is 39.9 Å². The second-order valence-corrected chi connectivity index (χ2v) is 6.27. The van der Waals surface area contributed by atoms with E-state index in [1.165, 1.54) is 12.8 Å². The van der Waals surface area contributed by atoms with E-state index in [9.17, 15) is 0 Å². The zero-order chi connectivity index (χ0) is 14.1. The van der Waals surface area contributed by atoms with Gasteiger partial charge in [-0.25, -0.2) is 9.97 Å². The molecule has 110 valence electrons. The lowest BCUT2D eigenvalue weighted by molar-refractivity contribution is 0.109. The Hall–Kier alpha value is -1.04. The van der Waals surface area contributed by atoms with Gasteiger partial charge in [-0.1, -0.05) is 0 Å². The zero-order valence-corrected chi connectivity index (χ0v) is 12.8. The maximum atomic E-state index is 4.80. The van der Waals surface area contributed by atoms with Gasteiger partial charge in [0.2, 0.25) is 0 Å². The van der Waals surface area contributed by atoms with E-state index in [1.807, 2.05) is 0 Å². The van der Waals surface area contributed by atoms with Gasteiger partial charge in [0.25, 0.3) is 0 Å². The third-order valence-corrected chi connectivity index (χ3v) is 4.22. The van der Waals surface area contributed by atoms with Crippen LogP contribution in [-0.2, 0) is 6.54 Å². The molecule has 1 saturated heterocycles. The Morgan fingerprint density at radius 1 is 1.25 bits per heavy atom. The Morgan fingerprint density at radius 3 is 2.80 bits per heavy atom. The van der Waals surface area contributed by atoms with Crippen LogP contribution in [0.5, 0.6) is 0 Å². The molecule has 1 aliphatic heterocycles. The molecule has 1 aliphatic carbocycles. The maximum Gasteiger partial charge on any atom is 0.147 e. The van der Waals surface area contributed by atoms with E-state index in [0.29, 0.717) is 6.04 Å². The molecule has 2 heterocycles. The lowest BCUT2D eigenvalue weighted by Gasteiger charge is -2.36. The summed E-state index contributed by atoms with van der Waals surface area (Å²) in [6.07, 6.45) is 2.63. The number of nitrogens with zero attached hydrogens (tertiary/aromatic N) is 4. The fraction of sp³-hybridized carbons (Fsp3) is 0.733. The molecule has 1 aromatic rings. The molecule has 2 fully saturated rings. The van der Waals surface area contributed by atoms with Gasteiger partial charge in [-0.15, -0.1) is 0 Å². The second kappa shape index (κ2) is 5.76. The number of rotatable bonds is 4. The SMILES string of the molecule is Cc1cc(CNC2CC2)nc(C2CN(C)CCN2C)n1. The summed E-state index contributed by atoms with van der Waals surface area (Å²) in [5.41, 5.74) is 2.20. The summed E-state index contributed by atoms with van der Waals surface area (Å²) < 4.78 is 0. The standard InChI is InChI=1S/C15H25N5/c1-11-8-13(9-16-12-4-5-12)18-15(17-11)14-10-19(2)6-7-20(14)3/h8,12,14,16H,4-7,9-10H2,1-3H3. The van der Waals surface area contributed by atoms with Crippen molar-refractivity contribution in [3.63, 3.8) is 0 Å². The van der Waals surface area contributed by atoms with E-state index >= 15 is 0 Å². The summed E-state index contributed by atoms with van der Waals surface area (Å²) in [6.45, 7) is 6.14. The van der Waals surface area contributed by atoms with Crippen LogP contribution in [0.25, 0.3) is 0 Å². The number of likely N-dealkylation sites (N-methyl/N-ethyl adjacent to an activating group) is 2. The average molecular weight is 275 g/mol. The summed E-state index contributed by atoms with van der Waals surface area (Å²) in [5.74, 6) is 0.978. The third-order valence-electron chi connectivity index (χ3n) is 4.22. The van der Waals surface area contributed by atoms with Crippen LogP contribution >= 0.6 is 0 Å². The topological polar surface area (TPSA) is 44.3 Å². The summed E-state index contributed by atoms with van der Waals surface area (Å²) in [5, 5.41) is 3.54. The van der Waals surface area contributed by atoms with Crippen LogP contribution in [0.3, 0.4) is 0 Å². The maximum absolute atomic E-state index is 4.80. The minimum Gasteiger partial charge on any atom is -0.308 e. The van der Waals surface area contributed by atoms with Crippen molar-refractivity contribution in [1.29, 1.82) is 0 Å². The molecule has 0 radical (unpaired) electrons. The van der Waals surface area contributed by atoms with Gasteiger partial charge in [0.15, 0.2) is 0 Å². The number of aromatic nitrogens is 2. The lowest BCUT2D eigenvalue weighted by atomic mass is 10.1. The van der Waals surface area contributed by atoms with Crippen LogP contribution in [0.15, 0.2) is 6.07 Å². The molecule has 1 atom stereocenters. The number of hydrogen-bond donors (Lipinski definition) is 1. The van der Waals surface area contributed by atoms with Gasteiger partial charge in [0, 0.05) is 37.9 Å². The fourth-order valence-corrected chi connectivity index (χ4v) is 2.72. The van der Waals surface area contributed by atoms with E-state index in [2.05, 4.69) is 47.2 Å². The molecule has 0 aromatic carbocycles. The molecule has 1 saturated carbocycles. The van der Waals surface area contributed by atoms with Crippen molar-refractivity contribution in [3.05, 3.63) is 23.3 Å². The molecule has 5 nitrogen and oxygen atoms in total. The number of aryl methyl sites for hydroxylation is 1. The van der Waals surface area contributed by atoms with Crippen molar-refractivity contribution in [1.82, 2.24) is 25.1 Å². The fourth-order valence-electron chi connectivity index (χ4n) is 2.72. The minimum atomic E-state index is 0.313. The molecule has 0 bridgehead atoms. The molecule has 2 aliphatic rings. The van der Waals surface area contributed by atoms with Gasteiger partial charge >= 0.3 is 0 Å². The first-order valence-corrected chi connectivity index (χ1v) is 7.58. The Morgan fingerprint density at radius 2 is 2.05 bits per heavy atom. The zero-order valence-electron chi connectivity index (χ0n) is 12.8. The second-order valence-electron chi connectivity index (χ2n) is 6.27. The summed E-state index contributed by atoms with van der Waals surface area (Å²) in [7, 11) is 4.34. The van der Waals surface area contributed by atoms with Crippen molar-refractivity contribution in [2.45, 2.75) is 38.4 Å². The largest absolute Gasteiger partial charge is 0.308 e. The third kappa shape index (κ3) is 3.34. The first-order valence-electron chi connectivity index (χ1n) is 7.58. The Labute approximate surface area is 121 Å². The first-order chi connectivity index (χ1) is 9.61. The lowest BCUT2D eigenvalue weighted by Crippen LogP contribution is -2.45. The smallest absolute Gasteiger partial charge is 0.147 e. The summed E-state index contributed by atoms with van der Waals surface area (Å²) in [4.78, 5) is 14.2. The van der Waals surface area contributed by atoms with Crippen LogP contribution < -0.4 is 5.32 Å². The molecule has 5 heteroatoms. The van der Waals surface area contributed by atoms with E-state index in [1.54, 1.807) is 0 Å². The highest BCUT2D eigenvalue weighted by Crippen LogP contribution is 2.22. The molecule has 1 N–H and O–H groups in total. The molecular formula is C15H25N5. The van der Waals surface area contributed by atoms with Crippen LogP contribution in [0, 0.1) is 6.92 Å². The van der Waals surface area contributed by atoms with Crippen molar-refractivity contribution < 1.29 is 0 Å². The molecular weight excluding hydrogens is 250 g/mol. The average Bonchev–Trinajstić information content (AvgIpc) is 3.23. The van der Waals surface area contributed by atoms with Crippen molar-refractivity contribution in [3.8, 4) is 0 Å². The Balaban J connectivity index is 1.76. The van der Waals surface area contributed by atoms with Crippen LogP contribution in [0.2, 0.25) is 0 Å². The summed E-state index contributed by atoms with van der Waals surface area (Å²) >= 11 is 0. The van der Waals surface area contributed by atoms with Gasteiger partial charge in [-0.2, -0.15) is 0 Å². The molecule has 3 rings (SSSR count). The van der Waals surface area contributed by atoms with E-state index < -0.39 is 0 Å². The monoisotopic (exact) mass is 275 g/mol. The van der Waals surface area contributed by atoms with E-state index in [0.717, 1.165) is 49.4 Å². The van der Waals surface area contributed by atoms with Crippen LogP contribution in [0.1, 0.15) is 36.1 Å². The summed E-state index contributed by atoms with van der Waals surface area (Å²) in [6, 6.07) is 3.14. The molecule has 0 amide bonds. The number of nitrogens with one attached hydrogen (secondary N) is 1. The Kier molecular flexibility index (Phi) is 4.01. The molecule has 1 unspecified atom stereocenters. The predicted octanol–water partition coefficient (Wildman–Crippen LogP) is 0.955. The van der Waals surface area contributed by atoms with Gasteiger partial charge < -0.3 is 10.2 Å². The first kappa shape index (κ1) is 13.9. The van der Waals surface area contributed by atoms with Gasteiger partial charge in [0.1, 0.15) is 5.82 Å². The van der Waals surface area contributed by atoms with Crippen molar-refractivity contribution >= 4 is 0 Å². The highest BCUT2D eigenvalue weighted by atomic mass is 15.3. The van der Waals surface area contributed by atoms with Crippen molar-refractivity contribution in [2.24, 2.45) is 0 Å². The molecule has 1 aromatic heterocycles. The van der Waals surface area contributed by atoms with Gasteiger partial charge in [0.05, 0.1) is 11.7 Å². The van der Waals surface area contributed by atoms with Crippen LogP contribution in [-0.4, -0.2) is 59.5 Å². The minimum absolute atomic E-state index is 0.313. The molecule has 20 heavy (non-hydrogen) atoms. The predicted molar refractivity (Wildman–Crippen MR) is 79.5 cm³/mol. The highest BCUT2D eigenvalue weighted by Gasteiger charge is 2.26. The normalized spacial score (nSPS) is 25.1. The number of piperazine rings is 1. The Bertz CT molecular complexity index is 471. The molecule has 0 spiro atoms. The van der Waals surface area contributed by atoms with E-state index in [4.69, 9.17) is 4.98 Å². The quantitative estimate of drug-likeness (QED) is 0.886. The van der Waals surface area contributed by atoms with Crippen molar-refractivity contribution in [2.75, 3.05) is 33.7 Å².